The van der Waals surface area contributed by atoms with E-state index in [9.17, 15) is 22.4 Å². The van der Waals surface area contributed by atoms with Crippen molar-refractivity contribution in [3.63, 3.8) is 0 Å². The van der Waals surface area contributed by atoms with E-state index in [2.05, 4.69) is 5.32 Å². The monoisotopic (exact) mass is 320 g/mol. The summed E-state index contributed by atoms with van der Waals surface area (Å²) in [5.41, 5.74) is -0.101. The zero-order valence-corrected chi connectivity index (χ0v) is 11.7. The Labute approximate surface area is 124 Å². The van der Waals surface area contributed by atoms with Crippen LogP contribution in [0.3, 0.4) is 0 Å². The van der Waals surface area contributed by atoms with Crippen molar-refractivity contribution in [3.8, 4) is 5.75 Å². The van der Waals surface area contributed by atoms with Crippen molar-refractivity contribution < 1.29 is 27.5 Å². The first-order valence-corrected chi connectivity index (χ1v) is 6.83. The highest BCUT2D eigenvalue weighted by molar-refractivity contribution is 5.92. The summed E-state index contributed by atoms with van der Waals surface area (Å²) in [6, 6.07) is 3.28. The van der Waals surface area contributed by atoms with Crippen LogP contribution in [-0.4, -0.2) is 41.7 Å². The molecule has 1 saturated heterocycles. The second-order valence-electron chi connectivity index (χ2n) is 5.34. The first-order chi connectivity index (χ1) is 10.2. The lowest BCUT2D eigenvalue weighted by molar-refractivity contribution is -0.151. The summed E-state index contributed by atoms with van der Waals surface area (Å²) >= 11 is 0. The number of carbonyl (C=O) groups is 1. The second-order valence-corrected chi connectivity index (χ2v) is 5.34. The number of phenols is 1. The molecule has 0 unspecified atom stereocenters. The van der Waals surface area contributed by atoms with E-state index in [0.29, 0.717) is 12.8 Å². The maximum Gasteiger partial charge on any atom is 0.401 e. The number of piperidine rings is 1. The van der Waals surface area contributed by atoms with Crippen LogP contribution in [0.4, 0.5) is 23.2 Å². The molecule has 1 atom stereocenters. The number of alkyl halides is 3. The van der Waals surface area contributed by atoms with Gasteiger partial charge < -0.3 is 10.4 Å². The summed E-state index contributed by atoms with van der Waals surface area (Å²) in [7, 11) is 0. The maximum absolute atomic E-state index is 13.5. The number of likely N-dealkylation sites (tertiary alicyclic amines) is 1. The van der Waals surface area contributed by atoms with Crippen LogP contribution < -0.4 is 5.32 Å². The van der Waals surface area contributed by atoms with Crippen molar-refractivity contribution in [2.45, 2.75) is 19.0 Å². The molecular weight excluding hydrogens is 304 g/mol. The van der Waals surface area contributed by atoms with Crippen LogP contribution in [0.15, 0.2) is 18.2 Å². The Morgan fingerprint density at radius 2 is 2.14 bits per heavy atom. The van der Waals surface area contributed by atoms with E-state index in [4.69, 9.17) is 5.11 Å². The normalized spacial score (nSPS) is 19.9. The molecule has 2 rings (SSSR count). The van der Waals surface area contributed by atoms with E-state index in [-0.39, 0.29) is 24.5 Å². The molecule has 4 nitrogen and oxygen atoms in total. The summed E-state index contributed by atoms with van der Waals surface area (Å²) in [5.74, 6) is -2.21. The van der Waals surface area contributed by atoms with Crippen molar-refractivity contribution in [3.05, 3.63) is 24.0 Å². The van der Waals surface area contributed by atoms with Gasteiger partial charge in [0.15, 0.2) is 0 Å². The quantitative estimate of drug-likeness (QED) is 0.665. The van der Waals surface area contributed by atoms with Gasteiger partial charge in [-0.25, -0.2) is 4.39 Å². The third-order valence-corrected chi connectivity index (χ3v) is 3.49. The fraction of sp³-hybridized carbons (Fsp3) is 0.500. The molecule has 0 saturated carbocycles. The molecule has 0 bridgehead atoms. The Bertz CT molecular complexity index is 548. The summed E-state index contributed by atoms with van der Waals surface area (Å²) in [6.45, 7) is -0.772. The van der Waals surface area contributed by atoms with Crippen molar-refractivity contribution in [1.82, 2.24) is 4.90 Å². The molecule has 1 aliphatic rings. The Hall–Kier alpha value is -1.83. The molecule has 1 heterocycles. The zero-order chi connectivity index (χ0) is 16.3. The van der Waals surface area contributed by atoms with E-state index in [1.54, 1.807) is 0 Å². The lowest BCUT2D eigenvalue weighted by Crippen LogP contribution is -2.44. The van der Waals surface area contributed by atoms with Crippen molar-refractivity contribution in [2.75, 3.05) is 25.0 Å². The van der Waals surface area contributed by atoms with E-state index in [1.165, 1.54) is 17.0 Å². The summed E-state index contributed by atoms with van der Waals surface area (Å²) in [5, 5.41) is 11.5. The summed E-state index contributed by atoms with van der Waals surface area (Å²) in [6.07, 6.45) is -3.37. The van der Waals surface area contributed by atoms with Crippen LogP contribution in [-0.2, 0) is 4.79 Å². The molecule has 0 aromatic heterocycles. The van der Waals surface area contributed by atoms with Gasteiger partial charge in [-0.05, 0) is 31.5 Å². The minimum atomic E-state index is -4.30. The van der Waals surface area contributed by atoms with Crippen molar-refractivity contribution in [2.24, 2.45) is 5.92 Å². The highest BCUT2D eigenvalue weighted by Crippen LogP contribution is 2.25. The van der Waals surface area contributed by atoms with Gasteiger partial charge in [0, 0.05) is 12.6 Å². The van der Waals surface area contributed by atoms with Crippen LogP contribution >= 0.6 is 0 Å². The Kier molecular flexibility index (Phi) is 4.90. The van der Waals surface area contributed by atoms with E-state index in [1.807, 2.05) is 0 Å². The topological polar surface area (TPSA) is 52.6 Å². The fourth-order valence-corrected chi connectivity index (χ4v) is 2.51. The van der Waals surface area contributed by atoms with Gasteiger partial charge in [-0.2, -0.15) is 13.2 Å². The highest BCUT2D eigenvalue weighted by atomic mass is 19.4. The number of halogens is 4. The fourth-order valence-electron chi connectivity index (χ4n) is 2.51. The molecule has 1 amide bonds. The number of amides is 1. The number of nitrogens with one attached hydrogen (secondary N) is 1. The minimum absolute atomic E-state index is 0.00888. The van der Waals surface area contributed by atoms with Gasteiger partial charge in [0.05, 0.1) is 18.2 Å². The minimum Gasteiger partial charge on any atom is -0.508 e. The number of rotatable bonds is 3. The Morgan fingerprint density at radius 1 is 1.41 bits per heavy atom. The van der Waals surface area contributed by atoms with Crippen LogP contribution in [0.5, 0.6) is 5.75 Å². The third-order valence-electron chi connectivity index (χ3n) is 3.49. The van der Waals surface area contributed by atoms with Crippen LogP contribution in [0.1, 0.15) is 12.8 Å². The van der Waals surface area contributed by atoms with Gasteiger partial charge in [-0.1, -0.05) is 0 Å². The molecule has 1 aromatic rings. The predicted octanol–water partition coefficient (Wildman–Crippen LogP) is 2.74. The highest BCUT2D eigenvalue weighted by Gasteiger charge is 2.34. The number of benzene rings is 1. The lowest BCUT2D eigenvalue weighted by atomic mass is 9.97. The first-order valence-electron chi connectivity index (χ1n) is 6.83. The smallest absolute Gasteiger partial charge is 0.401 e. The molecule has 8 heteroatoms. The number of nitrogens with zero attached hydrogens (tertiary/aromatic N) is 1. The van der Waals surface area contributed by atoms with Gasteiger partial charge in [-0.15, -0.1) is 0 Å². The number of anilines is 1. The van der Waals surface area contributed by atoms with Gasteiger partial charge in [-0.3, -0.25) is 9.69 Å². The summed E-state index contributed by atoms with van der Waals surface area (Å²) in [4.78, 5) is 13.2. The largest absolute Gasteiger partial charge is 0.508 e. The Morgan fingerprint density at radius 3 is 2.77 bits per heavy atom. The maximum atomic E-state index is 13.5. The van der Waals surface area contributed by atoms with Gasteiger partial charge in [0.2, 0.25) is 5.91 Å². The lowest BCUT2D eigenvalue weighted by Gasteiger charge is -2.32. The Balaban J connectivity index is 1.97. The SMILES string of the molecule is O=C(Nc1ccc(O)cc1F)[C@@H]1CCCN(CC(F)(F)F)C1. The van der Waals surface area contributed by atoms with Crippen molar-refractivity contribution in [1.29, 1.82) is 0 Å². The zero-order valence-electron chi connectivity index (χ0n) is 11.7. The number of aromatic hydroxyl groups is 1. The molecule has 1 aliphatic heterocycles. The van der Waals surface area contributed by atoms with Crippen LogP contribution in [0.2, 0.25) is 0 Å². The standard InChI is InChI=1S/C14H16F4N2O2/c15-11-6-10(21)3-4-12(11)19-13(22)9-2-1-5-20(7-9)8-14(16,17)18/h3-4,6,9,21H,1-2,5,7-8H2,(H,19,22)/t9-/m1/s1. The van der Waals surface area contributed by atoms with Crippen LogP contribution in [0, 0.1) is 11.7 Å². The van der Waals surface area contributed by atoms with E-state index < -0.39 is 30.4 Å². The summed E-state index contributed by atoms with van der Waals surface area (Å²) < 4.78 is 50.7. The van der Waals surface area contributed by atoms with E-state index >= 15 is 0 Å². The average molecular weight is 320 g/mol. The molecule has 2 N–H and O–H groups in total. The van der Waals surface area contributed by atoms with Gasteiger partial charge in [0.1, 0.15) is 11.6 Å². The first kappa shape index (κ1) is 16.5. The second kappa shape index (κ2) is 6.51. The molecule has 1 aromatic carbocycles. The number of hydrogen-bond donors (Lipinski definition) is 2. The third kappa shape index (κ3) is 4.59. The molecule has 0 spiro atoms. The average Bonchev–Trinajstić information content (AvgIpc) is 2.40. The molecule has 0 radical (unpaired) electrons. The van der Waals surface area contributed by atoms with Gasteiger partial charge in [0.25, 0.3) is 0 Å². The molecular formula is C14H16F4N2O2. The molecule has 1 fully saturated rings. The molecule has 122 valence electrons. The number of hydrogen-bond acceptors (Lipinski definition) is 3. The number of phenolic OH excluding ortho intramolecular Hbond substituents is 1. The van der Waals surface area contributed by atoms with Crippen molar-refractivity contribution >= 4 is 11.6 Å². The number of carbonyl (C=O) groups excluding carboxylic acids is 1. The van der Waals surface area contributed by atoms with Gasteiger partial charge >= 0.3 is 6.18 Å². The predicted molar refractivity (Wildman–Crippen MR) is 71.9 cm³/mol. The molecule has 22 heavy (non-hydrogen) atoms. The molecule has 0 aliphatic carbocycles. The van der Waals surface area contributed by atoms with Crippen LogP contribution in [0.25, 0.3) is 0 Å². The van der Waals surface area contributed by atoms with E-state index in [0.717, 1.165) is 6.07 Å².